The summed E-state index contributed by atoms with van der Waals surface area (Å²) in [5, 5.41) is 8.67. The van der Waals surface area contributed by atoms with Gasteiger partial charge in [0.15, 0.2) is 5.65 Å². The summed E-state index contributed by atoms with van der Waals surface area (Å²) in [6, 6.07) is 22.1. The van der Waals surface area contributed by atoms with Crippen LogP contribution in [0, 0.1) is 0 Å². The summed E-state index contributed by atoms with van der Waals surface area (Å²) in [4.78, 5) is 24.6. The third-order valence-electron chi connectivity index (χ3n) is 7.00. The molecule has 41 heavy (non-hydrogen) atoms. The molecule has 3 aromatic heterocycles. The van der Waals surface area contributed by atoms with Crippen molar-refractivity contribution in [1.82, 2.24) is 19.6 Å². The first kappa shape index (κ1) is 26.7. The van der Waals surface area contributed by atoms with Gasteiger partial charge in [-0.3, -0.25) is 10.3 Å². The Morgan fingerprint density at radius 1 is 0.951 bits per heavy atom. The number of fused-ring (bicyclic) bond motifs is 2. The lowest BCUT2D eigenvalue weighted by Crippen LogP contribution is -2.36. The number of hydrogen-bond acceptors (Lipinski definition) is 7. The second-order valence-corrected chi connectivity index (χ2v) is 11.2. The quantitative estimate of drug-likeness (QED) is 0.281. The van der Waals surface area contributed by atoms with Crippen molar-refractivity contribution in [3.63, 3.8) is 0 Å². The monoisotopic (exact) mass is 550 g/mol. The number of rotatable bonds is 6. The van der Waals surface area contributed by atoms with E-state index >= 15 is 0 Å². The third-order valence-corrected chi connectivity index (χ3v) is 7.00. The molecule has 6 rings (SSSR count). The zero-order valence-electron chi connectivity index (χ0n) is 23.6. The van der Waals surface area contributed by atoms with Crippen LogP contribution in [-0.4, -0.2) is 57.6 Å². The lowest BCUT2D eigenvalue weighted by molar-refractivity contribution is 0.0636. The smallest absolute Gasteiger partial charge is 0.412 e. The number of aryl methyl sites for hydroxylation is 2. The van der Waals surface area contributed by atoms with Crippen LogP contribution in [0.1, 0.15) is 32.2 Å². The molecule has 1 amide bonds. The van der Waals surface area contributed by atoms with Crippen molar-refractivity contribution in [3.8, 4) is 11.3 Å². The van der Waals surface area contributed by atoms with Crippen LogP contribution in [0.2, 0.25) is 0 Å². The lowest BCUT2D eigenvalue weighted by Gasteiger charge is -2.28. The Balaban J connectivity index is 1.34. The summed E-state index contributed by atoms with van der Waals surface area (Å²) < 4.78 is 12.9. The number of imidazole rings is 1. The summed E-state index contributed by atoms with van der Waals surface area (Å²) in [7, 11) is 0. The van der Waals surface area contributed by atoms with E-state index in [4.69, 9.17) is 24.5 Å². The first-order valence-corrected chi connectivity index (χ1v) is 14.0. The molecule has 0 atom stereocenters. The number of benzene rings is 2. The van der Waals surface area contributed by atoms with E-state index < -0.39 is 11.7 Å². The van der Waals surface area contributed by atoms with Crippen molar-refractivity contribution >= 4 is 34.0 Å². The van der Waals surface area contributed by atoms with Gasteiger partial charge in [0.1, 0.15) is 5.60 Å². The Labute approximate surface area is 239 Å². The highest BCUT2D eigenvalue weighted by Crippen LogP contribution is 2.31. The molecular weight excluding hydrogens is 516 g/mol. The number of aromatic nitrogens is 4. The molecule has 9 heteroatoms. The summed E-state index contributed by atoms with van der Waals surface area (Å²) >= 11 is 0. The van der Waals surface area contributed by atoms with E-state index in [1.807, 2.05) is 80.0 Å². The number of para-hydroxylation sites is 1. The van der Waals surface area contributed by atoms with Crippen molar-refractivity contribution in [2.45, 2.75) is 39.2 Å². The maximum atomic E-state index is 12.3. The standard InChI is InChI=1S/C32H34N6O3/c1-32(2,3)41-31(39)35-25-12-9-23(10-13-25)29-27(15-14-24-11-8-22-6-4-5-7-26(22)34-24)36-30-28(16-17-33-38(29)30)37-18-20-40-21-19-37/h4-13,16-17H,14-15,18-21H2,1-3H3,(H,35,39). The molecule has 0 aliphatic carbocycles. The average Bonchev–Trinajstić information content (AvgIpc) is 3.34. The number of ether oxygens (including phenoxy) is 2. The van der Waals surface area contributed by atoms with Crippen molar-refractivity contribution < 1.29 is 14.3 Å². The SMILES string of the molecule is CC(C)(C)OC(=O)Nc1ccc(-c2c(CCc3ccc4ccccc4n3)nc3c(N4CCOCC4)ccnn23)cc1. The summed E-state index contributed by atoms with van der Waals surface area (Å²) in [6.45, 7) is 8.52. The molecule has 2 aromatic carbocycles. The Hall–Kier alpha value is -4.50. The highest BCUT2D eigenvalue weighted by molar-refractivity contribution is 5.85. The molecule has 0 spiro atoms. The Bertz CT molecular complexity index is 1680. The fraction of sp³-hybridized carbons (Fsp3) is 0.312. The highest BCUT2D eigenvalue weighted by atomic mass is 16.6. The second kappa shape index (κ2) is 11.2. The minimum atomic E-state index is -0.570. The molecule has 0 unspecified atom stereocenters. The number of pyridine rings is 1. The Kier molecular flexibility index (Phi) is 7.28. The molecule has 1 aliphatic heterocycles. The number of carbonyl (C=O) groups excluding carboxylic acids is 1. The molecule has 210 valence electrons. The Morgan fingerprint density at radius 3 is 2.51 bits per heavy atom. The normalized spacial score (nSPS) is 14.0. The van der Waals surface area contributed by atoms with Gasteiger partial charge in [-0.15, -0.1) is 0 Å². The molecule has 9 nitrogen and oxygen atoms in total. The van der Waals surface area contributed by atoms with E-state index in [-0.39, 0.29) is 0 Å². The number of nitrogens with one attached hydrogen (secondary N) is 1. The fourth-order valence-corrected chi connectivity index (χ4v) is 5.12. The van der Waals surface area contributed by atoms with Gasteiger partial charge in [-0.05, 0) is 63.9 Å². The first-order chi connectivity index (χ1) is 19.8. The molecular formula is C32H34N6O3. The van der Waals surface area contributed by atoms with Gasteiger partial charge in [0, 0.05) is 35.4 Å². The summed E-state index contributed by atoms with van der Waals surface area (Å²) in [5.41, 5.74) is 6.79. The summed E-state index contributed by atoms with van der Waals surface area (Å²) in [6.07, 6.45) is 2.79. The van der Waals surface area contributed by atoms with Crippen LogP contribution in [0.5, 0.6) is 0 Å². The molecule has 1 N–H and O–H groups in total. The highest BCUT2D eigenvalue weighted by Gasteiger charge is 2.22. The average molecular weight is 551 g/mol. The van der Waals surface area contributed by atoms with Gasteiger partial charge in [0.05, 0.1) is 42.0 Å². The van der Waals surface area contributed by atoms with E-state index in [1.165, 1.54) is 0 Å². The number of morpholine rings is 1. The summed E-state index contributed by atoms with van der Waals surface area (Å²) in [5.74, 6) is 0. The third kappa shape index (κ3) is 6.00. The van der Waals surface area contributed by atoms with Gasteiger partial charge in [0.25, 0.3) is 0 Å². The van der Waals surface area contributed by atoms with Gasteiger partial charge < -0.3 is 14.4 Å². The predicted molar refractivity (Wildman–Crippen MR) is 160 cm³/mol. The number of nitrogens with zero attached hydrogens (tertiary/aromatic N) is 5. The number of carbonyl (C=O) groups is 1. The van der Waals surface area contributed by atoms with Gasteiger partial charge in [-0.1, -0.05) is 36.4 Å². The van der Waals surface area contributed by atoms with Crippen molar-refractivity contribution in [3.05, 3.63) is 84.3 Å². The zero-order valence-corrected chi connectivity index (χ0v) is 23.6. The van der Waals surface area contributed by atoms with Crippen LogP contribution >= 0.6 is 0 Å². The maximum Gasteiger partial charge on any atom is 0.412 e. The van der Waals surface area contributed by atoms with Crippen LogP contribution in [0.3, 0.4) is 0 Å². The molecule has 0 radical (unpaired) electrons. The second-order valence-electron chi connectivity index (χ2n) is 11.2. The Morgan fingerprint density at radius 2 is 1.73 bits per heavy atom. The van der Waals surface area contributed by atoms with E-state index in [1.54, 1.807) is 0 Å². The number of anilines is 2. The van der Waals surface area contributed by atoms with Gasteiger partial charge in [-0.25, -0.2) is 14.3 Å². The molecule has 1 saturated heterocycles. The van der Waals surface area contributed by atoms with Gasteiger partial charge in [0.2, 0.25) is 0 Å². The van der Waals surface area contributed by atoms with E-state index in [0.29, 0.717) is 25.3 Å². The molecule has 1 aliphatic rings. The van der Waals surface area contributed by atoms with Gasteiger partial charge in [-0.2, -0.15) is 5.10 Å². The van der Waals surface area contributed by atoms with Crippen molar-refractivity contribution in [2.24, 2.45) is 0 Å². The maximum absolute atomic E-state index is 12.3. The minimum absolute atomic E-state index is 0.486. The molecule has 4 heterocycles. The molecule has 0 saturated carbocycles. The number of hydrogen-bond donors (Lipinski definition) is 1. The van der Waals surface area contributed by atoms with Crippen molar-refractivity contribution in [1.29, 1.82) is 0 Å². The van der Waals surface area contributed by atoms with E-state index in [2.05, 4.69) is 28.4 Å². The topological polar surface area (TPSA) is 93.9 Å². The van der Waals surface area contributed by atoms with E-state index in [0.717, 1.165) is 64.4 Å². The van der Waals surface area contributed by atoms with E-state index in [9.17, 15) is 4.79 Å². The predicted octanol–water partition coefficient (Wildman–Crippen LogP) is 5.91. The number of amides is 1. The van der Waals surface area contributed by atoms with Crippen LogP contribution < -0.4 is 10.2 Å². The van der Waals surface area contributed by atoms with Crippen LogP contribution in [0.25, 0.3) is 27.8 Å². The fourth-order valence-electron chi connectivity index (χ4n) is 5.12. The minimum Gasteiger partial charge on any atom is -0.444 e. The first-order valence-electron chi connectivity index (χ1n) is 14.0. The van der Waals surface area contributed by atoms with Crippen molar-refractivity contribution in [2.75, 3.05) is 36.5 Å². The largest absolute Gasteiger partial charge is 0.444 e. The molecule has 0 bridgehead atoms. The lowest BCUT2D eigenvalue weighted by atomic mass is 10.1. The van der Waals surface area contributed by atoms with Crippen LogP contribution in [0.15, 0.2) is 72.9 Å². The van der Waals surface area contributed by atoms with Gasteiger partial charge >= 0.3 is 6.09 Å². The molecule has 1 fully saturated rings. The zero-order chi connectivity index (χ0) is 28.4. The molecule has 5 aromatic rings. The van der Waals surface area contributed by atoms with Crippen LogP contribution in [0.4, 0.5) is 16.2 Å². The van der Waals surface area contributed by atoms with Crippen LogP contribution in [-0.2, 0) is 22.3 Å².